The summed E-state index contributed by atoms with van der Waals surface area (Å²) < 4.78 is 5.42. The van der Waals surface area contributed by atoms with Gasteiger partial charge in [0.15, 0.2) is 0 Å². The highest BCUT2D eigenvalue weighted by molar-refractivity contribution is 6.34. The van der Waals surface area contributed by atoms with Crippen molar-refractivity contribution in [3.63, 3.8) is 0 Å². The van der Waals surface area contributed by atoms with Gasteiger partial charge in [-0.2, -0.15) is 0 Å². The molecule has 1 aliphatic heterocycles. The molecule has 1 aromatic carbocycles. The maximum Gasteiger partial charge on any atom is 0.136 e. The van der Waals surface area contributed by atoms with Crippen molar-refractivity contribution in [3.05, 3.63) is 29.5 Å². The smallest absolute Gasteiger partial charge is 0.136 e. The van der Waals surface area contributed by atoms with Crippen molar-refractivity contribution >= 4 is 28.3 Å². The predicted molar refractivity (Wildman–Crippen MR) is 67.3 cm³/mol. The van der Waals surface area contributed by atoms with Gasteiger partial charge < -0.3 is 9.32 Å². The first-order chi connectivity index (χ1) is 7.84. The number of nitrogens with zero attached hydrogens (tertiary/aromatic N) is 1. The van der Waals surface area contributed by atoms with E-state index in [9.17, 15) is 0 Å². The monoisotopic (exact) mass is 235 g/mol. The van der Waals surface area contributed by atoms with Gasteiger partial charge in [-0.1, -0.05) is 11.6 Å². The molecule has 16 heavy (non-hydrogen) atoms. The number of piperidine rings is 1. The molecule has 0 aliphatic carbocycles. The third-order valence-corrected chi connectivity index (χ3v) is 3.52. The molecule has 0 radical (unpaired) electrons. The third-order valence-electron chi connectivity index (χ3n) is 3.22. The van der Waals surface area contributed by atoms with E-state index in [1.165, 1.54) is 19.3 Å². The van der Waals surface area contributed by atoms with Gasteiger partial charge >= 0.3 is 0 Å². The average Bonchev–Trinajstić information content (AvgIpc) is 2.76. The fourth-order valence-electron chi connectivity index (χ4n) is 2.35. The van der Waals surface area contributed by atoms with Crippen LogP contribution in [0, 0.1) is 0 Å². The van der Waals surface area contributed by atoms with Crippen LogP contribution in [0.5, 0.6) is 0 Å². The Morgan fingerprint density at radius 1 is 1.12 bits per heavy atom. The summed E-state index contributed by atoms with van der Waals surface area (Å²) in [6.45, 7) is 2.21. The molecule has 84 valence electrons. The molecular weight excluding hydrogens is 222 g/mol. The fraction of sp³-hybridized carbons (Fsp3) is 0.385. The molecule has 3 heteroatoms. The molecular formula is C13H14ClNO. The summed E-state index contributed by atoms with van der Waals surface area (Å²) >= 11 is 6.31. The largest absolute Gasteiger partial charge is 0.464 e. The van der Waals surface area contributed by atoms with Crippen LogP contribution in [0.25, 0.3) is 11.0 Å². The van der Waals surface area contributed by atoms with Gasteiger partial charge in [-0.05, 0) is 31.4 Å². The van der Waals surface area contributed by atoms with E-state index in [1.54, 1.807) is 6.26 Å². The summed E-state index contributed by atoms with van der Waals surface area (Å²) in [7, 11) is 0. The van der Waals surface area contributed by atoms with Crippen LogP contribution < -0.4 is 4.90 Å². The van der Waals surface area contributed by atoms with Crippen molar-refractivity contribution in [2.45, 2.75) is 19.3 Å². The van der Waals surface area contributed by atoms with E-state index in [1.807, 2.05) is 12.1 Å². The third kappa shape index (κ3) is 1.67. The predicted octanol–water partition coefficient (Wildman–Crippen LogP) is 4.08. The minimum atomic E-state index is 0.829. The van der Waals surface area contributed by atoms with Crippen LogP contribution in [0.2, 0.25) is 5.02 Å². The molecule has 0 spiro atoms. The molecule has 1 fully saturated rings. The van der Waals surface area contributed by atoms with E-state index in [4.69, 9.17) is 16.0 Å². The molecule has 2 heterocycles. The van der Waals surface area contributed by atoms with Gasteiger partial charge in [0.25, 0.3) is 0 Å². The van der Waals surface area contributed by atoms with Crippen molar-refractivity contribution < 1.29 is 4.42 Å². The highest BCUT2D eigenvalue weighted by Crippen LogP contribution is 2.32. The van der Waals surface area contributed by atoms with E-state index >= 15 is 0 Å². The SMILES string of the molecule is Clc1cc2ccoc2cc1N1CCCCC1. The number of rotatable bonds is 1. The van der Waals surface area contributed by atoms with Crippen molar-refractivity contribution in [2.24, 2.45) is 0 Å². The Hall–Kier alpha value is -1.15. The zero-order valence-electron chi connectivity index (χ0n) is 9.08. The molecule has 0 unspecified atom stereocenters. The minimum Gasteiger partial charge on any atom is -0.464 e. The maximum atomic E-state index is 6.31. The molecule has 1 saturated heterocycles. The number of fused-ring (bicyclic) bond motifs is 1. The first-order valence-electron chi connectivity index (χ1n) is 5.76. The lowest BCUT2D eigenvalue weighted by Crippen LogP contribution is -2.29. The van der Waals surface area contributed by atoms with Gasteiger partial charge in [0.05, 0.1) is 17.0 Å². The van der Waals surface area contributed by atoms with E-state index < -0.39 is 0 Å². The highest BCUT2D eigenvalue weighted by Gasteiger charge is 2.15. The number of hydrogen-bond donors (Lipinski definition) is 0. The first-order valence-corrected chi connectivity index (χ1v) is 6.14. The molecule has 2 aromatic rings. The van der Waals surface area contributed by atoms with Crippen LogP contribution >= 0.6 is 11.6 Å². The molecule has 2 nitrogen and oxygen atoms in total. The van der Waals surface area contributed by atoms with Crippen LogP contribution in [-0.2, 0) is 0 Å². The van der Waals surface area contributed by atoms with Crippen molar-refractivity contribution in [2.75, 3.05) is 18.0 Å². The van der Waals surface area contributed by atoms with Gasteiger partial charge in [0.1, 0.15) is 5.58 Å². The van der Waals surface area contributed by atoms with Crippen LogP contribution in [0.3, 0.4) is 0 Å². The molecule has 3 rings (SSSR count). The molecule has 1 aliphatic rings. The van der Waals surface area contributed by atoms with E-state index in [0.717, 1.165) is 34.8 Å². The van der Waals surface area contributed by atoms with Gasteiger partial charge in [0, 0.05) is 24.5 Å². The lowest BCUT2D eigenvalue weighted by molar-refractivity contribution is 0.577. The second kappa shape index (κ2) is 4.02. The van der Waals surface area contributed by atoms with Gasteiger partial charge in [-0.15, -0.1) is 0 Å². The second-order valence-electron chi connectivity index (χ2n) is 4.31. The molecule has 1 aromatic heterocycles. The number of furan rings is 1. The normalized spacial score (nSPS) is 16.9. The number of hydrogen-bond acceptors (Lipinski definition) is 2. The van der Waals surface area contributed by atoms with Crippen LogP contribution in [0.1, 0.15) is 19.3 Å². The van der Waals surface area contributed by atoms with Crippen molar-refractivity contribution in [1.82, 2.24) is 0 Å². The Bertz CT molecular complexity index is 500. The molecule has 0 saturated carbocycles. The zero-order chi connectivity index (χ0) is 11.0. The van der Waals surface area contributed by atoms with Crippen LogP contribution in [0.15, 0.2) is 28.9 Å². The molecule has 0 bridgehead atoms. The van der Waals surface area contributed by atoms with Crippen molar-refractivity contribution in [3.8, 4) is 0 Å². The Labute approximate surface area is 99.8 Å². The van der Waals surface area contributed by atoms with Crippen LogP contribution in [-0.4, -0.2) is 13.1 Å². The second-order valence-corrected chi connectivity index (χ2v) is 4.72. The fourth-order valence-corrected chi connectivity index (χ4v) is 2.64. The van der Waals surface area contributed by atoms with Gasteiger partial charge in [0.2, 0.25) is 0 Å². The lowest BCUT2D eigenvalue weighted by Gasteiger charge is -2.29. The molecule has 0 amide bonds. The number of halogens is 1. The van der Waals surface area contributed by atoms with Crippen molar-refractivity contribution in [1.29, 1.82) is 0 Å². The van der Waals surface area contributed by atoms with Gasteiger partial charge in [-0.3, -0.25) is 0 Å². The summed E-state index contributed by atoms with van der Waals surface area (Å²) in [5, 5.41) is 1.90. The van der Waals surface area contributed by atoms with E-state index in [2.05, 4.69) is 11.0 Å². The standard InChI is InChI=1S/C13H14ClNO/c14-11-8-10-4-7-16-13(10)9-12(11)15-5-2-1-3-6-15/h4,7-9H,1-3,5-6H2. The summed E-state index contributed by atoms with van der Waals surface area (Å²) in [5.41, 5.74) is 2.04. The Kier molecular flexibility index (Phi) is 2.52. The number of anilines is 1. The summed E-state index contributed by atoms with van der Waals surface area (Å²) in [5.74, 6) is 0. The maximum absolute atomic E-state index is 6.31. The molecule has 0 atom stereocenters. The van der Waals surface area contributed by atoms with E-state index in [-0.39, 0.29) is 0 Å². The van der Waals surface area contributed by atoms with Crippen LogP contribution in [0.4, 0.5) is 5.69 Å². The van der Waals surface area contributed by atoms with Gasteiger partial charge in [-0.25, -0.2) is 0 Å². The lowest BCUT2D eigenvalue weighted by atomic mass is 10.1. The summed E-state index contributed by atoms with van der Waals surface area (Å²) in [6, 6.07) is 5.99. The number of benzene rings is 1. The van der Waals surface area contributed by atoms with E-state index in [0.29, 0.717) is 0 Å². The topological polar surface area (TPSA) is 16.4 Å². The molecule has 0 N–H and O–H groups in total. The zero-order valence-corrected chi connectivity index (χ0v) is 9.83. The highest BCUT2D eigenvalue weighted by atomic mass is 35.5. The average molecular weight is 236 g/mol. The Morgan fingerprint density at radius 2 is 1.94 bits per heavy atom. The Balaban J connectivity index is 2.03. The Morgan fingerprint density at radius 3 is 2.75 bits per heavy atom. The quantitative estimate of drug-likeness (QED) is 0.741. The summed E-state index contributed by atoms with van der Waals surface area (Å²) in [6.07, 6.45) is 5.55. The minimum absolute atomic E-state index is 0.829. The first kappa shape index (κ1) is 10.0. The summed E-state index contributed by atoms with van der Waals surface area (Å²) in [4.78, 5) is 2.35.